The van der Waals surface area contributed by atoms with Crippen LogP contribution in [0.4, 0.5) is 4.39 Å². The summed E-state index contributed by atoms with van der Waals surface area (Å²) in [6.07, 6.45) is 4.34. The second kappa shape index (κ2) is 8.77. The van der Waals surface area contributed by atoms with Crippen LogP contribution in [-0.4, -0.2) is 73.0 Å². The molecule has 25 heavy (non-hydrogen) atoms. The minimum absolute atomic E-state index is 0.171. The molecule has 138 valence electrons. The number of nitrogens with zero attached hydrogens (tertiary/aromatic N) is 3. The Hall–Kier alpha value is -1.46. The fraction of sp³-hybridized carbons (Fsp3) is 0.650. The predicted octanol–water partition coefficient (Wildman–Crippen LogP) is 2.39. The van der Waals surface area contributed by atoms with E-state index in [-0.39, 0.29) is 11.7 Å². The van der Waals surface area contributed by atoms with Gasteiger partial charge >= 0.3 is 0 Å². The molecule has 0 saturated carbocycles. The summed E-state index contributed by atoms with van der Waals surface area (Å²) in [7, 11) is 2.17. The molecule has 1 aromatic carbocycles. The number of carbonyl (C=O) groups is 1. The van der Waals surface area contributed by atoms with Gasteiger partial charge in [0.05, 0.1) is 0 Å². The van der Waals surface area contributed by atoms with Gasteiger partial charge in [-0.05, 0) is 37.9 Å². The topological polar surface area (TPSA) is 26.8 Å². The van der Waals surface area contributed by atoms with E-state index < -0.39 is 0 Å². The number of halogens is 1. The number of amides is 1. The van der Waals surface area contributed by atoms with E-state index in [1.807, 2.05) is 11.0 Å². The molecule has 5 heteroatoms. The molecule has 1 atom stereocenters. The lowest BCUT2D eigenvalue weighted by Gasteiger charge is -2.39. The van der Waals surface area contributed by atoms with Gasteiger partial charge in [0.1, 0.15) is 5.82 Å². The van der Waals surface area contributed by atoms with Crippen molar-refractivity contribution < 1.29 is 9.18 Å². The molecule has 2 heterocycles. The molecule has 1 unspecified atom stereocenters. The van der Waals surface area contributed by atoms with Gasteiger partial charge in [-0.1, -0.05) is 24.6 Å². The van der Waals surface area contributed by atoms with Crippen molar-refractivity contribution in [3.05, 3.63) is 35.6 Å². The van der Waals surface area contributed by atoms with Crippen molar-refractivity contribution in [1.29, 1.82) is 0 Å². The highest BCUT2D eigenvalue weighted by Gasteiger charge is 2.27. The number of benzene rings is 1. The van der Waals surface area contributed by atoms with Gasteiger partial charge < -0.3 is 9.80 Å². The van der Waals surface area contributed by atoms with E-state index in [1.54, 1.807) is 12.1 Å². The number of hydrogen-bond acceptors (Lipinski definition) is 3. The number of aryl methyl sites for hydroxylation is 1. The summed E-state index contributed by atoms with van der Waals surface area (Å²) in [6, 6.07) is 7.25. The number of likely N-dealkylation sites (tertiary alicyclic amines) is 1. The van der Waals surface area contributed by atoms with Gasteiger partial charge in [-0.2, -0.15) is 0 Å². The molecule has 3 rings (SSSR count). The van der Waals surface area contributed by atoms with E-state index in [9.17, 15) is 9.18 Å². The van der Waals surface area contributed by atoms with Crippen LogP contribution in [-0.2, 0) is 11.2 Å². The van der Waals surface area contributed by atoms with Gasteiger partial charge in [0.15, 0.2) is 0 Å². The molecule has 0 aliphatic carbocycles. The van der Waals surface area contributed by atoms with E-state index in [0.717, 1.165) is 45.7 Å². The summed E-state index contributed by atoms with van der Waals surface area (Å²) in [5.74, 6) is -0.0363. The molecule has 2 aliphatic rings. The Labute approximate surface area is 150 Å². The van der Waals surface area contributed by atoms with Crippen LogP contribution in [0.15, 0.2) is 24.3 Å². The van der Waals surface area contributed by atoms with Crippen molar-refractivity contribution in [2.24, 2.45) is 0 Å². The van der Waals surface area contributed by atoms with Crippen LogP contribution in [0.1, 0.15) is 31.2 Å². The van der Waals surface area contributed by atoms with Crippen molar-refractivity contribution >= 4 is 5.91 Å². The highest BCUT2D eigenvalue weighted by Crippen LogP contribution is 2.19. The van der Waals surface area contributed by atoms with Crippen molar-refractivity contribution in [2.45, 2.75) is 38.1 Å². The quantitative estimate of drug-likeness (QED) is 0.837. The molecule has 4 nitrogen and oxygen atoms in total. The van der Waals surface area contributed by atoms with Gasteiger partial charge in [0.2, 0.25) is 5.91 Å². The van der Waals surface area contributed by atoms with Crippen LogP contribution < -0.4 is 0 Å². The van der Waals surface area contributed by atoms with Crippen LogP contribution in [0.5, 0.6) is 0 Å². The SMILES string of the molecule is CN1CCN(C2CCCCN(C(=O)CCc3ccccc3F)C2)CC1. The van der Waals surface area contributed by atoms with Crippen molar-refractivity contribution in [3.8, 4) is 0 Å². The summed E-state index contributed by atoms with van der Waals surface area (Å²) < 4.78 is 13.7. The molecular weight excluding hydrogens is 317 g/mol. The first kappa shape index (κ1) is 18.3. The molecule has 1 amide bonds. The van der Waals surface area contributed by atoms with Crippen LogP contribution >= 0.6 is 0 Å². The lowest BCUT2D eigenvalue weighted by Crippen LogP contribution is -2.52. The van der Waals surface area contributed by atoms with Crippen LogP contribution in [0.2, 0.25) is 0 Å². The number of likely N-dealkylation sites (N-methyl/N-ethyl adjacent to an activating group) is 1. The Morgan fingerprint density at radius 2 is 1.88 bits per heavy atom. The summed E-state index contributed by atoms with van der Waals surface area (Å²) in [6.45, 7) is 6.09. The Kier molecular flexibility index (Phi) is 6.43. The molecule has 0 N–H and O–H groups in total. The summed E-state index contributed by atoms with van der Waals surface area (Å²) in [4.78, 5) is 19.6. The standard InChI is InChI=1S/C20H30FN3O/c1-22-12-14-23(15-13-22)18-7-4-5-11-24(16-18)20(25)10-9-17-6-2-3-8-19(17)21/h2-3,6,8,18H,4-5,7,9-16H2,1H3. The number of rotatable bonds is 4. The average Bonchev–Trinajstić information content (AvgIpc) is 2.88. The van der Waals surface area contributed by atoms with Gasteiger partial charge in [0, 0.05) is 51.7 Å². The van der Waals surface area contributed by atoms with Crippen LogP contribution in [0, 0.1) is 5.82 Å². The van der Waals surface area contributed by atoms with Crippen LogP contribution in [0.25, 0.3) is 0 Å². The van der Waals surface area contributed by atoms with E-state index in [0.29, 0.717) is 24.4 Å². The number of piperazine rings is 1. The zero-order valence-corrected chi connectivity index (χ0v) is 15.3. The number of carbonyl (C=O) groups excluding carboxylic acids is 1. The summed E-state index contributed by atoms with van der Waals surface area (Å²) in [5, 5.41) is 0. The third-order valence-corrected chi connectivity index (χ3v) is 5.62. The molecule has 0 aromatic heterocycles. The Morgan fingerprint density at radius 1 is 1.12 bits per heavy atom. The fourth-order valence-corrected chi connectivity index (χ4v) is 3.93. The second-order valence-corrected chi connectivity index (χ2v) is 7.42. The minimum atomic E-state index is -0.207. The molecule has 0 spiro atoms. The van der Waals surface area contributed by atoms with Gasteiger partial charge in [-0.15, -0.1) is 0 Å². The lowest BCUT2D eigenvalue weighted by molar-refractivity contribution is -0.131. The molecule has 0 radical (unpaired) electrons. The van der Waals surface area contributed by atoms with Crippen molar-refractivity contribution in [1.82, 2.24) is 14.7 Å². The van der Waals surface area contributed by atoms with E-state index in [1.165, 1.54) is 18.9 Å². The molecule has 2 fully saturated rings. The average molecular weight is 347 g/mol. The first-order valence-corrected chi connectivity index (χ1v) is 9.57. The highest BCUT2D eigenvalue weighted by atomic mass is 19.1. The van der Waals surface area contributed by atoms with Gasteiger partial charge in [-0.25, -0.2) is 4.39 Å². The largest absolute Gasteiger partial charge is 0.341 e. The maximum absolute atomic E-state index is 13.7. The lowest BCUT2D eigenvalue weighted by atomic mass is 10.1. The monoisotopic (exact) mass is 347 g/mol. The third-order valence-electron chi connectivity index (χ3n) is 5.62. The first-order valence-electron chi connectivity index (χ1n) is 9.57. The second-order valence-electron chi connectivity index (χ2n) is 7.42. The molecule has 2 saturated heterocycles. The van der Waals surface area contributed by atoms with Gasteiger partial charge in [0.25, 0.3) is 0 Å². The number of hydrogen-bond donors (Lipinski definition) is 0. The minimum Gasteiger partial charge on any atom is -0.341 e. The smallest absolute Gasteiger partial charge is 0.222 e. The zero-order valence-electron chi connectivity index (χ0n) is 15.3. The molecule has 1 aromatic rings. The summed E-state index contributed by atoms with van der Waals surface area (Å²) >= 11 is 0. The van der Waals surface area contributed by atoms with E-state index in [4.69, 9.17) is 0 Å². The van der Waals surface area contributed by atoms with Crippen molar-refractivity contribution in [2.75, 3.05) is 46.3 Å². The highest BCUT2D eigenvalue weighted by molar-refractivity contribution is 5.76. The molecule has 0 bridgehead atoms. The zero-order chi connectivity index (χ0) is 17.6. The van der Waals surface area contributed by atoms with Gasteiger partial charge in [-0.3, -0.25) is 9.69 Å². The van der Waals surface area contributed by atoms with E-state index in [2.05, 4.69) is 16.8 Å². The predicted molar refractivity (Wildman–Crippen MR) is 98.0 cm³/mol. The first-order chi connectivity index (χ1) is 12.1. The fourth-order valence-electron chi connectivity index (χ4n) is 3.93. The Bertz CT molecular complexity index is 572. The summed E-state index contributed by atoms with van der Waals surface area (Å²) in [5.41, 5.74) is 0.640. The third kappa shape index (κ3) is 5.02. The van der Waals surface area contributed by atoms with Crippen LogP contribution in [0.3, 0.4) is 0 Å². The molecule has 2 aliphatic heterocycles. The maximum Gasteiger partial charge on any atom is 0.222 e. The normalized spacial score (nSPS) is 23.4. The van der Waals surface area contributed by atoms with E-state index >= 15 is 0 Å². The van der Waals surface area contributed by atoms with Crippen molar-refractivity contribution in [3.63, 3.8) is 0 Å². The Morgan fingerprint density at radius 3 is 2.64 bits per heavy atom. The maximum atomic E-state index is 13.7. The molecular formula is C20H30FN3O. The Balaban J connectivity index is 1.55.